The fraction of sp³-hybridized carbons (Fsp3) is 0.294. The zero-order valence-corrected chi connectivity index (χ0v) is 14.2. The molecule has 0 aliphatic carbocycles. The van der Waals surface area contributed by atoms with Gasteiger partial charge < -0.3 is 0 Å². The Kier molecular flexibility index (Phi) is 5.04. The van der Waals surface area contributed by atoms with Gasteiger partial charge in [0.05, 0.1) is 0 Å². The topological polar surface area (TPSA) is 37.4 Å². The standard InChI is InChI=1S/C17H18FNO2S2/c18-15-8-4-5-9-17(15)23(20,21)19-11-10-16(22-13-12-19)14-6-2-1-3-7-14/h1-9,16H,10-13H2. The molecule has 1 atom stereocenters. The maximum atomic E-state index is 13.9. The molecule has 2 aromatic carbocycles. The molecule has 3 nitrogen and oxygen atoms in total. The highest BCUT2D eigenvalue weighted by atomic mass is 32.2. The molecule has 0 amide bonds. The van der Waals surface area contributed by atoms with Crippen LogP contribution in [-0.2, 0) is 10.0 Å². The van der Waals surface area contributed by atoms with E-state index in [1.54, 1.807) is 17.8 Å². The summed E-state index contributed by atoms with van der Waals surface area (Å²) in [6.07, 6.45) is 0.725. The lowest BCUT2D eigenvalue weighted by atomic mass is 10.1. The minimum absolute atomic E-state index is 0.233. The van der Waals surface area contributed by atoms with Gasteiger partial charge in [0.2, 0.25) is 10.0 Å². The number of thioether (sulfide) groups is 1. The van der Waals surface area contributed by atoms with E-state index in [1.807, 2.05) is 18.2 Å². The molecule has 23 heavy (non-hydrogen) atoms. The maximum absolute atomic E-state index is 13.9. The highest BCUT2D eigenvalue weighted by Crippen LogP contribution is 2.35. The van der Waals surface area contributed by atoms with Crippen LogP contribution in [0.25, 0.3) is 0 Å². The first-order valence-corrected chi connectivity index (χ1v) is 9.99. The quantitative estimate of drug-likeness (QED) is 0.846. The Bertz CT molecular complexity index is 765. The van der Waals surface area contributed by atoms with Gasteiger partial charge in [-0.15, -0.1) is 0 Å². The van der Waals surface area contributed by atoms with Crippen molar-refractivity contribution in [3.63, 3.8) is 0 Å². The molecule has 6 heteroatoms. The Morgan fingerprint density at radius 3 is 2.43 bits per heavy atom. The highest BCUT2D eigenvalue weighted by molar-refractivity contribution is 7.99. The fourth-order valence-electron chi connectivity index (χ4n) is 2.72. The first-order chi connectivity index (χ1) is 11.1. The molecule has 0 N–H and O–H groups in total. The minimum atomic E-state index is -3.78. The number of hydrogen-bond acceptors (Lipinski definition) is 3. The van der Waals surface area contributed by atoms with Gasteiger partial charge in [-0.25, -0.2) is 12.8 Å². The Morgan fingerprint density at radius 1 is 1.00 bits per heavy atom. The predicted octanol–water partition coefficient (Wildman–Crippen LogP) is 3.69. The van der Waals surface area contributed by atoms with Gasteiger partial charge in [0.15, 0.2) is 0 Å². The van der Waals surface area contributed by atoms with Crippen molar-refractivity contribution in [1.29, 1.82) is 0 Å². The molecule has 3 rings (SSSR count). The van der Waals surface area contributed by atoms with Crippen LogP contribution in [0.15, 0.2) is 59.5 Å². The van der Waals surface area contributed by atoms with Crippen molar-refractivity contribution in [1.82, 2.24) is 4.31 Å². The summed E-state index contributed by atoms with van der Waals surface area (Å²) < 4.78 is 40.6. The van der Waals surface area contributed by atoms with Crippen LogP contribution in [0.2, 0.25) is 0 Å². The number of rotatable bonds is 3. The van der Waals surface area contributed by atoms with Crippen molar-refractivity contribution in [3.8, 4) is 0 Å². The summed E-state index contributed by atoms with van der Waals surface area (Å²) in [4.78, 5) is -0.233. The van der Waals surface area contributed by atoms with E-state index in [0.29, 0.717) is 18.8 Å². The molecule has 1 aliphatic heterocycles. The number of hydrogen-bond donors (Lipinski definition) is 0. The molecule has 1 unspecified atom stereocenters. The van der Waals surface area contributed by atoms with E-state index < -0.39 is 15.8 Å². The Morgan fingerprint density at radius 2 is 1.70 bits per heavy atom. The molecular weight excluding hydrogens is 333 g/mol. The number of sulfonamides is 1. The number of nitrogens with zero attached hydrogens (tertiary/aromatic N) is 1. The monoisotopic (exact) mass is 351 g/mol. The summed E-state index contributed by atoms with van der Waals surface area (Å²) in [5.41, 5.74) is 1.21. The van der Waals surface area contributed by atoms with Gasteiger partial charge in [0.1, 0.15) is 10.7 Å². The molecule has 0 spiro atoms. The number of benzene rings is 2. The van der Waals surface area contributed by atoms with Crippen molar-refractivity contribution >= 4 is 21.8 Å². The van der Waals surface area contributed by atoms with E-state index in [0.717, 1.165) is 6.42 Å². The van der Waals surface area contributed by atoms with Gasteiger partial charge in [0, 0.05) is 24.1 Å². The van der Waals surface area contributed by atoms with Crippen molar-refractivity contribution in [2.75, 3.05) is 18.8 Å². The zero-order valence-electron chi connectivity index (χ0n) is 12.6. The number of halogens is 1. The third kappa shape index (κ3) is 3.59. The second-order valence-electron chi connectivity index (χ2n) is 5.39. The summed E-state index contributed by atoms with van der Waals surface area (Å²) in [6.45, 7) is 0.813. The molecule has 2 aromatic rings. The summed E-state index contributed by atoms with van der Waals surface area (Å²) in [6, 6.07) is 15.7. The summed E-state index contributed by atoms with van der Waals surface area (Å²) in [5.74, 6) is 0.0109. The van der Waals surface area contributed by atoms with Crippen molar-refractivity contribution in [3.05, 3.63) is 66.0 Å². The van der Waals surface area contributed by atoms with Crippen LogP contribution in [0.5, 0.6) is 0 Å². The van der Waals surface area contributed by atoms with Crippen LogP contribution in [0, 0.1) is 5.82 Å². The van der Waals surface area contributed by atoms with Gasteiger partial charge in [0.25, 0.3) is 0 Å². The van der Waals surface area contributed by atoms with Gasteiger partial charge >= 0.3 is 0 Å². The third-order valence-corrected chi connectivity index (χ3v) is 7.19. The highest BCUT2D eigenvalue weighted by Gasteiger charge is 2.30. The first kappa shape index (κ1) is 16.5. The van der Waals surface area contributed by atoms with Crippen LogP contribution in [0.1, 0.15) is 17.2 Å². The smallest absolute Gasteiger partial charge is 0.207 e. The second kappa shape index (κ2) is 7.03. The lowest BCUT2D eigenvalue weighted by Gasteiger charge is -2.20. The normalized spacial score (nSPS) is 20.1. The molecule has 1 heterocycles. The third-order valence-electron chi connectivity index (χ3n) is 3.93. The van der Waals surface area contributed by atoms with Crippen molar-refractivity contribution in [2.24, 2.45) is 0 Å². The summed E-state index contributed by atoms with van der Waals surface area (Å²) >= 11 is 1.76. The van der Waals surface area contributed by atoms with Crippen LogP contribution in [-0.4, -0.2) is 31.6 Å². The first-order valence-electron chi connectivity index (χ1n) is 7.50. The van der Waals surface area contributed by atoms with E-state index in [4.69, 9.17) is 0 Å². The molecule has 0 aromatic heterocycles. The summed E-state index contributed by atoms with van der Waals surface area (Å²) in [7, 11) is -3.78. The van der Waals surface area contributed by atoms with Crippen LogP contribution in [0.4, 0.5) is 4.39 Å². The average Bonchev–Trinajstić information content (AvgIpc) is 2.82. The minimum Gasteiger partial charge on any atom is -0.207 e. The molecule has 1 saturated heterocycles. The fourth-order valence-corrected chi connectivity index (χ4v) is 5.59. The predicted molar refractivity (Wildman–Crippen MR) is 91.4 cm³/mol. The SMILES string of the molecule is O=S(=O)(c1ccccc1F)N1CCSC(c2ccccc2)CC1. The van der Waals surface area contributed by atoms with E-state index >= 15 is 0 Å². The van der Waals surface area contributed by atoms with Gasteiger partial charge in [-0.1, -0.05) is 42.5 Å². The lowest BCUT2D eigenvalue weighted by molar-refractivity contribution is 0.424. The van der Waals surface area contributed by atoms with Crippen LogP contribution >= 0.6 is 11.8 Å². The molecule has 0 radical (unpaired) electrons. The van der Waals surface area contributed by atoms with E-state index in [-0.39, 0.29) is 10.1 Å². The Balaban J connectivity index is 1.79. The molecule has 122 valence electrons. The zero-order chi connectivity index (χ0) is 16.3. The van der Waals surface area contributed by atoms with Gasteiger partial charge in [-0.2, -0.15) is 16.1 Å². The Hall–Kier alpha value is -1.37. The van der Waals surface area contributed by atoms with E-state index in [1.165, 1.54) is 28.1 Å². The molecule has 1 fully saturated rings. The largest absolute Gasteiger partial charge is 0.246 e. The molecule has 0 saturated carbocycles. The van der Waals surface area contributed by atoms with Gasteiger partial charge in [-0.05, 0) is 24.1 Å². The lowest BCUT2D eigenvalue weighted by Crippen LogP contribution is -2.33. The molecule has 1 aliphatic rings. The van der Waals surface area contributed by atoms with Crippen LogP contribution in [0.3, 0.4) is 0 Å². The van der Waals surface area contributed by atoms with Crippen molar-refractivity contribution < 1.29 is 12.8 Å². The summed E-state index contributed by atoms with van der Waals surface area (Å²) in [5, 5.41) is 0.275. The van der Waals surface area contributed by atoms with E-state index in [2.05, 4.69) is 12.1 Å². The molecule has 0 bridgehead atoms. The van der Waals surface area contributed by atoms with Gasteiger partial charge in [-0.3, -0.25) is 0 Å². The van der Waals surface area contributed by atoms with Crippen LogP contribution < -0.4 is 0 Å². The average molecular weight is 351 g/mol. The maximum Gasteiger partial charge on any atom is 0.246 e. The van der Waals surface area contributed by atoms with E-state index in [9.17, 15) is 12.8 Å². The van der Waals surface area contributed by atoms with Crippen molar-refractivity contribution in [2.45, 2.75) is 16.6 Å². The second-order valence-corrected chi connectivity index (χ2v) is 8.61. The molecular formula is C17H18FNO2S2. The Labute approximate surface area is 140 Å².